The summed E-state index contributed by atoms with van der Waals surface area (Å²) in [5, 5.41) is 14.9. The lowest BCUT2D eigenvalue weighted by Crippen LogP contribution is -2.56. The number of benzene rings is 2. The van der Waals surface area contributed by atoms with Gasteiger partial charge in [0.05, 0.1) is 0 Å². The molecule has 3 rings (SSSR count). The molecular formula is C31H41N3O8. The van der Waals surface area contributed by atoms with Gasteiger partial charge in [-0.2, -0.15) is 0 Å². The number of carboxylic acids is 1. The average Bonchev–Trinajstić information content (AvgIpc) is 3.20. The molecule has 11 nitrogen and oxygen atoms in total. The van der Waals surface area contributed by atoms with Gasteiger partial charge in [0.1, 0.15) is 17.8 Å². The molecule has 0 bridgehead atoms. The monoisotopic (exact) mass is 583 g/mol. The van der Waals surface area contributed by atoms with E-state index in [0.717, 1.165) is 27.2 Å². The molecule has 2 aromatic carbocycles. The second kappa shape index (κ2) is 13.6. The van der Waals surface area contributed by atoms with Crippen LogP contribution >= 0.6 is 0 Å². The van der Waals surface area contributed by atoms with Crippen LogP contribution in [0, 0.1) is 0 Å². The first-order chi connectivity index (χ1) is 19.7. The third-order valence-electron chi connectivity index (χ3n) is 6.27. The highest BCUT2D eigenvalue weighted by Crippen LogP contribution is 2.44. The van der Waals surface area contributed by atoms with Gasteiger partial charge in [0, 0.05) is 19.0 Å². The van der Waals surface area contributed by atoms with E-state index in [0.29, 0.717) is 12.8 Å². The van der Waals surface area contributed by atoms with E-state index < -0.39 is 41.6 Å². The summed E-state index contributed by atoms with van der Waals surface area (Å²) in [7, 11) is 0. The van der Waals surface area contributed by atoms with Gasteiger partial charge in [-0.25, -0.2) is 19.2 Å². The molecule has 0 spiro atoms. The van der Waals surface area contributed by atoms with Crippen LogP contribution in [-0.2, 0) is 19.0 Å². The molecule has 0 radical (unpaired) electrons. The molecule has 228 valence electrons. The van der Waals surface area contributed by atoms with Crippen LogP contribution in [0.5, 0.6) is 0 Å². The Bertz CT molecular complexity index is 1240. The molecule has 1 aliphatic rings. The molecule has 0 fully saturated rings. The molecule has 2 aromatic rings. The van der Waals surface area contributed by atoms with E-state index in [2.05, 4.69) is 10.6 Å². The molecule has 0 saturated heterocycles. The first-order valence-corrected chi connectivity index (χ1v) is 14.0. The summed E-state index contributed by atoms with van der Waals surface area (Å²) in [6.45, 7) is 10.4. The van der Waals surface area contributed by atoms with Crippen LogP contribution in [0.15, 0.2) is 48.5 Å². The van der Waals surface area contributed by atoms with E-state index in [1.165, 1.54) is 0 Å². The number of hydrogen-bond donors (Lipinski definition) is 3. The van der Waals surface area contributed by atoms with Gasteiger partial charge in [0.25, 0.3) is 0 Å². The number of amides is 3. The van der Waals surface area contributed by atoms with Gasteiger partial charge in [-0.3, -0.25) is 10.2 Å². The molecule has 0 saturated carbocycles. The Hall–Kier alpha value is -4.28. The normalized spacial score (nSPS) is 13.3. The number of rotatable bonds is 10. The predicted molar refractivity (Wildman–Crippen MR) is 156 cm³/mol. The molecule has 1 atom stereocenters. The van der Waals surface area contributed by atoms with Gasteiger partial charge >= 0.3 is 24.2 Å². The Morgan fingerprint density at radius 2 is 1.38 bits per heavy atom. The average molecular weight is 584 g/mol. The largest absolute Gasteiger partial charge is 0.478 e. The maximum absolute atomic E-state index is 13.0. The van der Waals surface area contributed by atoms with Crippen molar-refractivity contribution in [1.29, 1.82) is 0 Å². The second-order valence-corrected chi connectivity index (χ2v) is 12.0. The van der Waals surface area contributed by atoms with Gasteiger partial charge in [-0.1, -0.05) is 48.5 Å². The van der Waals surface area contributed by atoms with Crippen molar-refractivity contribution < 1.29 is 38.5 Å². The number of unbranched alkanes of at least 4 members (excludes halogenated alkanes) is 1. The summed E-state index contributed by atoms with van der Waals surface area (Å²) in [5.41, 5.74) is 2.59. The second-order valence-electron chi connectivity index (χ2n) is 12.0. The van der Waals surface area contributed by atoms with Crippen molar-refractivity contribution in [2.24, 2.45) is 0 Å². The van der Waals surface area contributed by atoms with Crippen LogP contribution in [0.4, 0.5) is 14.4 Å². The number of nitrogens with one attached hydrogen (secondary N) is 2. The zero-order valence-corrected chi connectivity index (χ0v) is 25.1. The smallest absolute Gasteiger partial charge is 0.412 e. The molecule has 1 unspecified atom stereocenters. The molecule has 0 aromatic heterocycles. The highest BCUT2D eigenvalue weighted by molar-refractivity contribution is 5.84. The fraction of sp³-hybridized carbons (Fsp3) is 0.484. The third kappa shape index (κ3) is 9.12. The van der Waals surface area contributed by atoms with Gasteiger partial charge in [-0.15, -0.1) is 0 Å². The van der Waals surface area contributed by atoms with E-state index in [1.54, 1.807) is 41.5 Å². The topological polar surface area (TPSA) is 144 Å². The van der Waals surface area contributed by atoms with Crippen LogP contribution in [0.1, 0.15) is 71.4 Å². The zero-order valence-electron chi connectivity index (χ0n) is 25.1. The summed E-state index contributed by atoms with van der Waals surface area (Å²) >= 11 is 0. The maximum atomic E-state index is 13.0. The summed E-state index contributed by atoms with van der Waals surface area (Å²) in [6.07, 6.45) is -3.49. The number of nitrogens with zero attached hydrogens (tertiary/aromatic N) is 1. The number of carboxylic acid groups (broad SMARTS) is 1. The van der Waals surface area contributed by atoms with Crippen molar-refractivity contribution in [2.75, 3.05) is 19.7 Å². The van der Waals surface area contributed by atoms with Gasteiger partial charge in [-0.05, 0) is 76.6 Å². The van der Waals surface area contributed by atoms with Crippen molar-refractivity contribution in [3.8, 4) is 11.1 Å². The van der Waals surface area contributed by atoms with E-state index in [-0.39, 0.29) is 25.6 Å². The lowest BCUT2D eigenvalue weighted by Gasteiger charge is -2.31. The molecule has 1 aliphatic carbocycles. The van der Waals surface area contributed by atoms with Crippen molar-refractivity contribution in [3.05, 3.63) is 59.7 Å². The van der Waals surface area contributed by atoms with Crippen molar-refractivity contribution in [1.82, 2.24) is 15.5 Å². The number of carbonyl (C=O) groups excluding carboxylic acids is 3. The SMILES string of the molecule is CC(C)(C)OC(=O)NCCCCN(C(=O)OC(C)(C)C)C(NC(=O)OCC1c2ccccc2-c2ccccc21)C(=O)O. The van der Waals surface area contributed by atoms with Crippen molar-refractivity contribution in [2.45, 2.75) is 77.7 Å². The summed E-state index contributed by atoms with van der Waals surface area (Å²) in [4.78, 5) is 51.0. The Morgan fingerprint density at radius 3 is 1.90 bits per heavy atom. The minimum absolute atomic E-state index is 0.0189. The number of ether oxygens (including phenoxy) is 3. The quantitative estimate of drug-likeness (QED) is 0.190. The zero-order chi connectivity index (χ0) is 31.1. The van der Waals surface area contributed by atoms with E-state index >= 15 is 0 Å². The molecule has 11 heteroatoms. The molecule has 42 heavy (non-hydrogen) atoms. The van der Waals surface area contributed by atoms with Crippen molar-refractivity contribution in [3.63, 3.8) is 0 Å². The third-order valence-corrected chi connectivity index (χ3v) is 6.27. The summed E-state index contributed by atoms with van der Waals surface area (Å²) < 4.78 is 16.1. The molecule has 3 amide bonds. The number of alkyl carbamates (subject to hydrolysis) is 2. The predicted octanol–water partition coefficient (Wildman–Crippen LogP) is 5.48. The van der Waals surface area contributed by atoms with Crippen LogP contribution in [0.25, 0.3) is 11.1 Å². The van der Waals surface area contributed by atoms with Crippen LogP contribution < -0.4 is 10.6 Å². The van der Waals surface area contributed by atoms with E-state index in [1.807, 2.05) is 48.5 Å². The van der Waals surface area contributed by atoms with Crippen molar-refractivity contribution >= 4 is 24.2 Å². The molecule has 0 aliphatic heterocycles. The van der Waals surface area contributed by atoms with Gasteiger partial charge < -0.3 is 24.6 Å². The number of hydrogen-bond acceptors (Lipinski definition) is 7. The minimum Gasteiger partial charge on any atom is -0.478 e. The fourth-order valence-corrected chi connectivity index (χ4v) is 4.58. The van der Waals surface area contributed by atoms with E-state index in [9.17, 15) is 24.3 Å². The highest BCUT2D eigenvalue weighted by Gasteiger charge is 2.35. The molecular weight excluding hydrogens is 542 g/mol. The number of aliphatic carboxylic acids is 1. The first kappa shape index (κ1) is 32.2. The Balaban J connectivity index is 1.65. The fourth-order valence-electron chi connectivity index (χ4n) is 4.58. The molecule has 0 heterocycles. The molecule has 3 N–H and O–H groups in total. The lowest BCUT2D eigenvalue weighted by atomic mass is 9.98. The first-order valence-electron chi connectivity index (χ1n) is 14.0. The van der Waals surface area contributed by atoms with Gasteiger partial charge in [0.2, 0.25) is 6.17 Å². The minimum atomic E-state index is -1.74. The Morgan fingerprint density at radius 1 is 0.833 bits per heavy atom. The summed E-state index contributed by atoms with van der Waals surface area (Å²) in [6, 6.07) is 15.7. The maximum Gasteiger partial charge on any atom is 0.412 e. The highest BCUT2D eigenvalue weighted by atomic mass is 16.6. The van der Waals surface area contributed by atoms with Crippen LogP contribution in [0.2, 0.25) is 0 Å². The van der Waals surface area contributed by atoms with Crippen LogP contribution in [-0.4, -0.2) is 71.3 Å². The number of carbonyl (C=O) groups is 4. The Kier molecular flexibility index (Phi) is 10.4. The number of fused-ring (bicyclic) bond motifs is 3. The standard InChI is InChI=1S/C31H41N3O8/c1-30(2,3)41-27(37)32-17-11-12-18-34(29(39)42-31(4,5)6)25(26(35)36)33-28(38)40-19-24-22-15-9-7-13-20(22)21-14-8-10-16-23(21)24/h7-10,13-16,24-25H,11-12,17-19H2,1-6H3,(H,32,37)(H,33,38)(H,35,36). The summed E-state index contributed by atoms with van der Waals surface area (Å²) in [5.74, 6) is -1.67. The lowest BCUT2D eigenvalue weighted by molar-refractivity contribution is -0.144. The van der Waals surface area contributed by atoms with E-state index in [4.69, 9.17) is 14.2 Å². The Labute approximate surface area is 246 Å². The van der Waals surface area contributed by atoms with Gasteiger partial charge in [0.15, 0.2) is 0 Å². The van der Waals surface area contributed by atoms with Crippen LogP contribution in [0.3, 0.4) is 0 Å².